The Bertz CT molecular complexity index is 896. The Hall–Kier alpha value is -2.02. The number of thiophene rings is 1. The third-order valence-electron chi connectivity index (χ3n) is 4.16. The molecule has 22 heavy (non-hydrogen) atoms. The van der Waals surface area contributed by atoms with Crippen molar-refractivity contribution >= 4 is 33.2 Å². The van der Waals surface area contributed by atoms with Crippen LogP contribution >= 0.6 is 11.3 Å². The Balaban J connectivity index is 1.93. The van der Waals surface area contributed by atoms with Gasteiger partial charge in [-0.15, -0.1) is 16.4 Å². The van der Waals surface area contributed by atoms with Gasteiger partial charge in [0.25, 0.3) is 0 Å². The maximum Gasteiger partial charge on any atom is 0.303 e. The molecule has 0 unspecified atom stereocenters. The van der Waals surface area contributed by atoms with Crippen LogP contribution in [-0.2, 0) is 24.1 Å². The van der Waals surface area contributed by atoms with Crippen molar-refractivity contribution in [2.24, 2.45) is 0 Å². The quantitative estimate of drug-likeness (QED) is 0.803. The van der Waals surface area contributed by atoms with Gasteiger partial charge in [0.15, 0.2) is 11.5 Å². The minimum Gasteiger partial charge on any atom is -0.481 e. The maximum atomic E-state index is 10.7. The molecule has 0 fully saturated rings. The molecule has 6 nitrogen and oxygen atoms in total. The third kappa shape index (κ3) is 2.08. The van der Waals surface area contributed by atoms with Gasteiger partial charge in [-0.25, -0.2) is 9.97 Å². The van der Waals surface area contributed by atoms with E-state index >= 15 is 0 Å². The molecular weight excluding hydrogens is 300 g/mol. The lowest BCUT2D eigenvalue weighted by Crippen LogP contribution is -2.01. The van der Waals surface area contributed by atoms with Gasteiger partial charge in [0.05, 0.1) is 11.8 Å². The number of aryl methyl sites for hydroxylation is 4. The summed E-state index contributed by atoms with van der Waals surface area (Å²) in [7, 11) is 0. The van der Waals surface area contributed by atoms with E-state index in [1.54, 1.807) is 15.9 Å². The molecule has 3 aromatic rings. The Morgan fingerprint density at radius 3 is 2.95 bits per heavy atom. The minimum atomic E-state index is -0.827. The van der Waals surface area contributed by atoms with E-state index in [0.29, 0.717) is 12.2 Å². The molecule has 114 valence electrons. The van der Waals surface area contributed by atoms with Crippen molar-refractivity contribution < 1.29 is 9.90 Å². The van der Waals surface area contributed by atoms with Crippen LogP contribution in [0, 0.1) is 6.92 Å². The Labute approximate surface area is 130 Å². The average Bonchev–Trinajstić information content (AvgIpc) is 3.05. The number of carbonyl (C=O) groups is 1. The molecule has 0 spiro atoms. The lowest BCUT2D eigenvalue weighted by atomic mass is 9.97. The maximum absolute atomic E-state index is 10.7. The number of hydrogen-bond acceptors (Lipinski definition) is 5. The second-order valence-corrected chi connectivity index (χ2v) is 6.79. The summed E-state index contributed by atoms with van der Waals surface area (Å²) in [6.07, 6.45) is 5.05. The van der Waals surface area contributed by atoms with Gasteiger partial charge in [-0.2, -0.15) is 4.52 Å². The number of nitrogens with zero attached hydrogens (tertiary/aromatic N) is 4. The van der Waals surface area contributed by atoms with Gasteiger partial charge in [0.2, 0.25) is 0 Å². The van der Waals surface area contributed by atoms with E-state index in [1.165, 1.54) is 23.3 Å². The number of hydrogen-bond donors (Lipinski definition) is 1. The van der Waals surface area contributed by atoms with Gasteiger partial charge >= 0.3 is 5.97 Å². The molecule has 3 heterocycles. The van der Waals surface area contributed by atoms with Crippen LogP contribution in [0.5, 0.6) is 0 Å². The average molecular weight is 316 g/mol. The summed E-state index contributed by atoms with van der Waals surface area (Å²) in [6.45, 7) is 1.92. The molecule has 4 rings (SSSR count). The zero-order valence-corrected chi connectivity index (χ0v) is 13.1. The van der Waals surface area contributed by atoms with Crippen LogP contribution < -0.4 is 0 Å². The first-order chi connectivity index (χ1) is 10.6. The van der Waals surface area contributed by atoms with E-state index in [0.717, 1.165) is 34.5 Å². The fourth-order valence-corrected chi connectivity index (χ4v) is 4.42. The van der Waals surface area contributed by atoms with Crippen molar-refractivity contribution in [2.45, 2.75) is 45.4 Å². The molecule has 1 aliphatic rings. The molecule has 3 aromatic heterocycles. The van der Waals surface area contributed by atoms with Crippen molar-refractivity contribution in [3.05, 3.63) is 22.1 Å². The van der Waals surface area contributed by atoms with E-state index in [4.69, 9.17) is 5.11 Å². The predicted octanol–water partition coefficient (Wildman–Crippen LogP) is 2.54. The highest BCUT2D eigenvalue weighted by molar-refractivity contribution is 7.19. The summed E-state index contributed by atoms with van der Waals surface area (Å²) in [6, 6.07) is 0. The monoisotopic (exact) mass is 316 g/mol. The molecule has 0 saturated carbocycles. The topological polar surface area (TPSA) is 80.4 Å². The van der Waals surface area contributed by atoms with E-state index in [2.05, 4.69) is 15.1 Å². The van der Waals surface area contributed by atoms with Gasteiger partial charge in [0, 0.05) is 11.3 Å². The van der Waals surface area contributed by atoms with Crippen molar-refractivity contribution in [1.82, 2.24) is 19.6 Å². The molecule has 1 N–H and O–H groups in total. The largest absolute Gasteiger partial charge is 0.481 e. The molecule has 0 amide bonds. The second kappa shape index (κ2) is 5.01. The molecule has 0 aromatic carbocycles. The van der Waals surface area contributed by atoms with Gasteiger partial charge < -0.3 is 5.11 Å². The van der Waals surface area contributed by atoms with Crippen LogP contribution in [0.4, 0.5) is 0 Å². The summed E-state index contributed by atoms with van der Waals surface area (Å²) < 4.78 is 1.77. The molecular formula is C15H16N4O2S. The zero-order chi connectivity index (χ0) is 15.3. The van der Waals surface area contributed by atoms with Crippen LogP contribution in [0.2, 0.25) is 0 Å². The van der Waals surface area contributed by atoms with Gasteiger partial charge in [0.1, 0.15) is 10.7 Å². The van der Waals surface area contributed by atoms with Crippen molar-refractivity contribution in [1.29, 1.82) is 0 Å². The second-order valence-electron chi connectivity index (χ2n) is 5.71. The van der Waals surface area contributed by atoms with E-state index < -0.39 is 5.97 Å². The first-order valence-corrected chi connectivity index (χ1v) is 8.33. The Morgan fingerprint density at radius 1 is 1.32 bits per heavy atom. The van der Waals surface area contributed by atoms with Gasteiger partial charge in [-0.3, -0.25) is 4.79 Å². The molecule has 7 heteroatoms. The van der Waals surface area contributed by atoms with Crippen LogP contribution in [-0.4, -0.2) is 30.7 Å². The van der Waals surface area contributed by atoms with Crippen LogP contribution in [0.25, 0.3) is 15.9 Å². The van der Waals surface area contributed by atoms with Gasteiger partial charge in [-0.1, -0.05) is 0 Å². The van der Waals surface area contributed by atoms with Crippen LogP contribution in [0.3, 0.4) is 0 Å². The SMILES string of the molecule is Cc1nc2sc3c(c2c2nc(CCC(=O)O)nn12)CCCC3. The lowest BCUT2D eigenvalue weighted by Gasteiger charge is -2.10. The summed E-state index contributed by atoms with van der Waals surface area (Å²) >= 11 is 1.77. The van der Waals surface area contributed by atoms with Crippen LogP contribution in [0.15, 0.2) is 0 Å². The fraction of sp³-hybridized carbons (Fsp3) is 0.467. The third-order valence-corrected chi connectivity index (χ3v) is 5.35. The molecule has 0 atom stereocenters. The predicted molar refractivity (Wildman–Crippen MR) is 83.5 cm³/mol. The number of aliphatic carboxylic acids is 1. The molecule has 0 saturated heterocycles. The van der Waals surface area contributed by atoms with Gasteiger partial charge in [-0.05, 0) is 38.2 Å². The van der Waals surface area contributed by atoms with E-state index in [-0.39, 0.29) is 6.42 Å². The van der Waals surface area contributed by atoms with E-state index in [9.17, 15) is 4.79 Å². The standard InChI is InChI=1S/C15H16N4O2S/c1-8-16-15-13(9-4-2-3-5-10(9)22-15)14-17-11(18-19(8)14)6-7-12(20)21/h2-7H2,1H3,(H,20,21). The molecule has 0 aliphatic heterocycles. The highest BCUT2D eigenvalue weighted by Gasteiger charge is 2.21. The highest BCUT2D eigenvalue weighted by Crippen LogP contribution is 2.37. The number of rotatable bonds is 3. The summed E-state index contributed by atoms with van der Waals surface area (Å²) in [4.78, 5) is 22.5. The fourth-order valence-electron chi connectivity index (χ4n) is 3.12. The smallest absolute Gasteiger partial charge is 0.303 e. The summed E-state index contributed by atoms with van der Waals surface area (Å²) in [5.74, 6) is 0.553. The Morgan fingerprint density at radius 2 is 2.14 bits per heavy atom. The number of carboxylic acids is 1. The molecule has 0 radical (unpaired) electrons. The highest BCUT2D eigenvalue weighted by atomic mass is 32.1. The number of aromatic nitrogens is 4. The number of carboxylic acid groups (broad SMARTS) is 1. The van der Waals surface area contributed by atoms with Crippen LogP contribution in [0.1, 0.15) is 41.4 Å². The van der Waals surface area contributed by atoms with E-state index in [1.807, 2.05) is 6.92 Å². The van der Waals surface area contributed by atoms with Crippen molar-refractivity contribution in [3.63, 3.8) is 0 Å². The van der Waals surface area contributed by atoms with Crippen molar-refractivity contribution in [2.75, 3.05) is 0 Å². The lowest BCUT2D eigenvalue weighted by molar-refractivity contribution is -0.137. The molecule has 0 bridgehead atoms. The Kier molecular flexibility index (Phi) is 3.11. The number of fused-ring (bicyclic) bond motifs is 5. The minimum absolute atomic E-state index is 0.0498. The van der Waals surface area contributed by atoms with Crippen molar-refractivity contribution in [3.8, 4) is 0 Å². The molecule has 1 aliphatic carbocycles. The summed E-state index contributed by atoms with van der Waals surface area (Å²) in [5, 5.41) is 14.4. The normalized spacial score (nSPS) is 14.6. The first kappa shape index (κ1) is 13.6. The summed E-state index contributed by atoms with van der Waals surface area (Å²) in [5.41, 5.74) is 2.21. The first-order valence-electron chi connectivity index (χ1n) is 7.52. The zero-order valence-electron chi connectivity index (χ0n) is 12.3.